The van der Waals surface area contributed by atoms with E-state index in [0.717, 1.165) is 19.4 Å². The fourth-order valence-corrected chi connectivity index (χ4v) is 4.18. The summed E-state index contributed by atoms with van der Waals surface area (Å²) in [5, 5.41) is 8.01. The van der Waals surface area contributed by atoms with E-state index in [1.54, 1.807) is 24.5 Å². The van der Waals surface area contributed by atoms with Crippen molar-refractivity contribution < 1.29 is 14.3 Å². The van der Waals surface area contributed by atoms with Crippen molar-refractivity contribution in [2.75, 3.05) is 38.7 Å². The number of hydrogen-bond donors (Lipinski definition) is 2. The van der Waals surface area contributed by atoms with Gasteiger partial charge in [-0.15, -0.1) is 11.3 Å². The summed E-state index contributed by atoms with van der Waals surface area (Å²) in [5.74, 6) is -0.124. The highest BCUT2D eigenvalue weighted by atomic mass is 32.1. The number of carbonyl (C=O) groups excluding carboxylic acids is 2. The SMILES string of the molecule is COCCNC(=O)c1ccccc1NCC(=O)N1CCC[C@@H]1c1cccs1. The third-order valence-electron chi connectivity index (χ3n) is 4.64. The number of para-hydroxylation sites is 1. The summed E-state index contributed by atoms with van der Waals surface area (Å²) in [7, 11) is 1.59. The zero-order chi connectivity index (χ0) is 19.1. The lowest BCUT2D eigenvalue weighted by Gasteiger charge is -2.24. The molecule has 1 aliphatic heterocycles. The van der Waals surface area contributed by atoms with Gasteiger partial charge in [0.2, 0.25) is 5.91 Å². The predicted molar refractivity (Wildman–Crippen MR) is 107 cm³/mol. The standard InChI is InChI=1S/C20H25N3O3S/c1-26-12-10-21-20(25)15-6-2-3-7-16(15)22-14-19(24)23-11-4-8-17(23)18-9-5-13-27-18/h2-3,5-7,9,13,17,22H,4,8,10-12,14H2,1H3,(H,21,25)/t17-/m1/s1. The predicted octanol–water partition coefficient (Wildman–Crippen LogP) is 2.90. The smallest absolute Gasteiger partial charge is 0.253 e. The molecule has 1 atom stereocenters. The molecule has 0 saturated carbocycles. The molecule has 144 valence electrons. The summed E-state index contributed by atoms with van der Waals surface area (Å²) in [6.45, 7) is 1.85. The van der Waals surface area contributed by atoms with Crippen LogP contribution in [-0.4, -0.2) is 50.1 Å². The van der Waals surface area contributed by atoms with E-state index in [-0.39, 0.29) is 24.4 Å². The van der Waals surface area contributed by atoms with Gasteiger partial charge in [-0.05, 0) is 36.4 Å². The van der Waals surface area contributed by atoms with Crippen LogP contribution >= 0.6 is 11.3 Å². The zero-order valence-electron chi connectivity index (χ0n) is 15.4. The van der Waals surface area contributed by atoms with E-state index < -0.39 is 0 Å². The number of likely N-dealkylation sites (tertiary alicyclic amines) is 1. The van der Waals surface area contributed by atoms with Gasteiger partial charge in [0, 0.05) is 30.8 Å². The first-order valence-corrected chi connectivity index (χ1v) is 10.0. The van der Waals surface area contributed by atoms with E-state index in [2.05, 4.69) is 16.7 Å². The Morgan fingerprint density at radius 1 is 1.26 bits per heavy atom. The fraction of sp³-hybridized carbons (Fsp3) is 0.400. The van der Waals surface area contributed by atoms with Crippen molar-refractivity contribution in [3.63, 3.8) is 0 Å². The number of anilines is 1. The van der Waals surface area contributed by atoms with Crippen LogP contribution in [0, 0.1) is 0 Å². The van der Waals surface area contributed by atoms with Crippen molar-refractivity contribution in [1.82, 2.24) is 10.2 Å². The van der Waals surface area contributed by atoms with Gasteiger partial charge in [-0.25, -0.2) is 0 Å². The molecule has 1 fully saturated rings. The molecule has 1 aromatic heterocycles. The average molecular weight is 388 g/mol. The molecular formula is C20H25N3O3S. The second-order valence-electron chi connectivity index (χ2n) is 6.41. The molecule has 0 radical (unpaired) electrons. The van der Waals surface area contributed by atoms with Crippen molar-refractivity contribution in [2.24, 2.45) is 0 Å². The quantitative estimate of drug-likeness (QED) is 0.684. The Balaban J connectivity index is 1.61. The summed E-state index contributed by atoms with van der Waals surface area (Å²) in [4.78, 5) is 28.3. The normalized spacial score (nSPS) is 16.3. The number of hydrogen-bond acceptors (Lipinski definition) is 5. The van der Waals surface area contributed by atoms with Gasteiger partial charge in [0.25, 0.3) is 5.91 Å². The van der Waals surface area contributed by atoms with Crippen LogP contribution in [0.15, 0.2) is 41.8 Å². The molecule has 1 saturated heterocycles. The molecule has 2 amide bonds. The number of rotatable bonds is 8. The van der Waals surface area contributed by atoms with Crippen LogP contribution in [0.1, 0.15) is 34.1 Å². The van der Waals surface area contributed by atoms with E-state index in [4.69, 9.17) is 4.74 Å². The van der Waals surface area contributed by atoms with Crippen LogP contribution in [0.4, 0.5) is 5.69 Å². The fourth-order valence-electron chi connectivity index (χ4n) is 3.31. The second kappa shape index (κ2) is 9.53. The van der Waals surface area contributed by atoms with E-state index in [1.165, 1.54) is 4.88 Å². The van der Waals surface area contributed by atoms with Crippen LogP contribution in [0.2, 0.25) is 0 Å². The van der Waals surface area contributed by atoms with Crippen molar-refractivity contribution in [3.05, 3.63) is 52.2 Å². The van der Waals surface area contributed by atoms with Gasteiger partial charge < -0.3 is 20.3 Å². The summed E-state index contributed by atoms with van der Waals surface area (Å²) in [6.07, 6.45) is 2.03. The molecule has 0 bridgehead atoms. The molecule has 2 heterocycles. The maximum Gasteiger partial charge on any atom is 0.253 e. The number of ether oxygens (including phenoxy) is 1. The van der Waals surface area contributed by atoms with Crippen LogP contribution in [0.3, 0.4) is 0 Å². The molecule has 7 heteroatoms. The van der Waals surface area contributed by atoms with Gasteiger partial charge in [0.1, 0.15) is 0 Å². The van der Waals surface area contributed by atoms with Crippen molar-refractivity contribution >= 4 is 28.8 Å². The maximum absolute atomic E-state index is 12.8. The van der Waals surface area contributed by atoms with Crippen molar-refractivity contribution in [1.29, 1.82) is 0 Å². The molecule has 27 heavy (non-hydrogen) atoms. The Morgan fingerprint density at radius 2 is 2.11 bits per heavy atom. The second-order valence-corrected chi connectivity index (χ2v) is 7.39. The highest BCUT2D eigenvalue weighted by Crippen LogP contribution is 2.34. The number of carbonyl (C=O) groups is 2. The molecule has 1 aromatic carbocycles. The Labute approximate surface area is 163 Å². The molecule has 3 rings (SSSR count). The van der Waals surface area contributed by atoms with Gasteiger partial charge in [-0.1, -0.05) is 18.2 Å². The maximum atomic E-state index is 12.8. The van der Waals surface area contributed by atoms with Crippen LogP contribution in [0.5, 0.6) is 0 Å². The third kappa shape index (κ3) is 4.87. The lowest BCUT2D eigenvalue weighted by atomic mass is 10.1. The summed E-state index contributed by atoms with van der Waals surface area (Å²) >= 11 is 1.69. The van der Waals surface area contributed by atoms with Gasteiger partial charge >= 0.3 is 0 Å². The van der Waals surface area contributed by atoms with Crippen molar-refractivity contribution in [3.8, 4) is 0 Å². The van der Waals surface area contributed by atoms with Crippen LogP contribution in [-0.2, 0) is 9.53 Å². The highest BCUT2D eigenvalue weighted by molar-refractivity contribution is 7.10. The summed E-state index contributed by atoms with van der Waals surface area (Å²) in [6, 6.07) is 11.5. The molecule has 1 aliphatic rings. The number of thiophene rings is 1. The van der Waals surface area contributed by atoms with Gasteiger partial charge in [0.05, 0.1) is 24.8 Å². The van der Waals surface area contributed by atoms with Gasteiger partial charge in [-0.2, -0.15) is 0 Å². The Kier molecular flexibility index (Phi) is 6.84. The Morgan fingerprint density at radius 3 is 2.89 bits per heavy atom. The largest absolute Gasteiger partial charge is 0.383 e. The molecule has 2 aromatic rings. The van der Waals surface area contributed by atoms with Gasteiger partial charge in [0.15, 0.2) is 0 Å². The first-order valence-electron chi connectivity index (χ1n) is 9.13. The minimum Gasteiger partial charge on any atom is -0.383 e. The zero-order valence-corrected chi connectivity index (χ0v) is 16.3. The number of amides is 2. The molecule has 0 aliphatic carbocycles. The lowest BCUT2D eigenvalue weighted by Crippen LogP contribution is -2.35. The topological polar surface area (TPSA) is 70.7 Å². The van der Waals surface area contributed by atoms with Crippen LogP contribution < -0.4 is 10.6 Å². The van der Waals surface area contributed by atoms with E-state index >= 15 is 0 Å². The van der Waals surface area contributed by atoms with Crippen LogP contribution in [0.25, 0.3) is 0 Å². The van der Waals surface area contributed by atoms with E-state index in [0.29, 0.717) is 24.4 Å². The number of nitrogens with one attached hydrogen (secondary N) is 2. The monoisotopic (exact) mass is 387 g/mol. The van der Waals surface area contributed by atoms with E-state index in [1.807, 2.05) is 34.5 Å². The molecule has 6 nitrogen and oxygen atoms in total. The molecule has 0 unspecified atom stereocenters. The molecule has 0 spiro atoms. The minimum absolute atomic E-state index is 0.0560. The summed E-state index contributed by atoms with van der Waals surface area (Å²) in [5.41, 5.74) is 1.19. The van der Waals surface area contributed by atoms with E-state index in [9.17, 15) is 9.59 Å². The first-order chi connectivity index (χ1) is 13.2. The van der Waals surface area contributed by atoms with Gasteiger partial charge in [-0.3, -0.25) is 9.59 Å². The number of nitrogens with zero attached hydrogens (tertiary/aromatic N) is 1. The number of benzene rings is 1. The van der Waals surface area contributed by atoms with Crippen molar-refractivity contribution in [2.45, 2.75) is 18.9 Å². The molecular weight excluding hydrogens is 362 g/mol. The minimum atomic E-state index is -0.180. The first kappa shape index (κ1) is 19.4. The Hall–Kier alpha value is -2.38. The highest BCUT2D eigenvalue weighted by Gasteiger charge is 2.30. The Bertz CT molecular complexity index is 764. The third-order valence-corrected chi connectivity index (χ3v) is 5.61. The number of methoxy groups -OCH3 is 1. The average Bonchev–Trinajstić information content (AvgIpc) is 3.37. The summed E-state index contributed by atoms with van der Waals surface area (Å²) < 4.78 is 4.96. The molecule has 2 N–H and O–H groups in total. The lowest BCUT2D eigenvalue weighted by molar-refractivity contribution is -0.130.